The number of hydrogen-bond donors (Lipinski definition) is 0. The van der Waals surface area contributed by atoms with Crippen LogP contribution in [0.3, 0.4) is 0 Å². The molecule has 0 aliphatic rings. The molecule has 0 bridgehead atoms. The number of thiazole rings is 1. The van der Waals surface area contributed by atoms with Crippen molar-refractivity contribution < 1.29 is 4.74 Å². The highest BCUT2D eigenvalue weighted by atomic mass is 32.1. The molecular weight excluding hydrogens is 218 g/mol. The molecule has 0 saturated carbocycles. The minimum atomic E-state index is 0.692. The molecule has 1 aromatic heterocycles. The van der Waals surface area contributed by atoms with E-state index in [4.69, 9.17) is 4.74 Å². The van der Waals surface area contributed by atoms with Crippen LogP contribution in [0.5, 0.6) is 5.88 Å². The van der Waals surface area contributed by atoms with Crippen LogP contribution in [0.2, 0.25) is 0 Å². The van der Waals surface area contributed by atoms with Gasteiger partial charge in [0, 0.05) is 5.56 Å². The van der Waals surface area contributed by atoms with Gasteiger partial charge in [-0.05, 0) is 37.5 Å². The molecule has 2 rings (SSSR count). The second-order valence-electron chi connectivity index (χ2n) is 3.88. The number of aromatic nitrogens is 1. The summed E-state index contributed by atoms with van der Waals surface area (Å²) in [4.78, 5) is 4.43. The van der Waals surface area contributed by atoms with E-state index in [0.717, 1.165) is 5.01 Å². The summed E-state index contributed by atoms with van der Waals surface area (Å²) in [6, 6.07) is 4.28. The van der Waals surface area contributed by atoms with Crippen molar-refractivity contribution in [2.24, 2.45) is 0 Å². The van der Waals surface area contributed by atoms with Crippen LogP contribution in [0.1, 0.15) is 16.7 Å². The highest BCUT2D eigenvalue weighted by molar-refractivity contribution is 7.13. The van der Waals surface area contributed by atoms with Crippen LogP contribution in [0, 0.1) is 20.8 Å². The fraction of sp³-hybridized carbons (Fsp3) is 0.308. The normalized spacial score (nSPS) is 10.5. The minimum Gasteiger partial charge on any atom is -0.480 e. The molecule has 0 N–H and O–H groups in total. The molecule has 0 radical (unpaired) electrons. The van der Waals surface area contributed by atoms with Crippen molar-refractivity contribution in [1.82, 2.24) is 4.98 Å². The molecule has 0 saturated heterocycles. The van der Waals surface area contributed by atoms with E-state index in [-0.39, 0.29) is 0 Å². The van der Waals surface area contributed by atoms with E-state index >= 15 is 0 Å². The second-order valence-corrected chi connectivity index (χ2v) is 4.73. The first-order valence-corrected chi connectivity index (χ1v) is 6.08. The lowest BCUT2D eigenvalue weighted by Crippen LogP contribution is -1.90. The van der Waals surface area contributed by atoms with Gasteiger partial charge in [0.25, 0.3) is 0 Å². The summed E-state index contributed by atoms with van der Waals surface area (Å²) in [5.74, 6) is 0.692. The van der Waals surface area contributed by atoms with Gasteiger partial charge in [-0.3, -0.25) is 0 Å². The Kier molecular flexibility index (Phi) is 2.97. The monoisotopic (exact) mass is 233 g/mol. The van der Waals surface area contributed by atoms with Crippen LogP contribution >= 0.6 is 11.3 Å². The van der Waals surface area contributed by atoms with Gasteiger partial charge in [-0.1, -0.05) is 12.1 Å². The lowest BCUT2D eigenvalue weighted by Gasteiger charge is -2.08. The second kappa shape index (κ2) is 4.26. The molecule has 0 aliphatic carbocycles. The predicted octanol–water partition coefficient (Wildman–Crippen LogP) is 3.74. The smallest absolute Gasteiger partial charge is 0.224 e. The van der Waals surface area contributed by atoms with Gasteiger partial charge in [-0.25, -0.2) is 4.98 Å². The average Bonchev–Trinajstić information content (AvgIpc) is 2.74. The molecule has 2 aromatic rings. The number of ether oxygens (including phenoxy) is 1. The first kappa shape index (κ1) is 11.1. The van der Waals surface area contributed by atoms with E-state index in [1.54, 1.807) is 18.4 Å². The molecule has 0 unspecified atom stereocenters. The standard InChI is InChI=1S/C13H15NOS/c1-8-5-6-11(10(3)9(8)2)13-14-12(15-4)7-16-13/h5-7H,1-4H3. The van der Waals surface area contributed by atoms with Gasteiger partial charge in [0.1, 0.15) is 5.01 Å². The highest BCUT2D eigenvalue weighted by Gasteiger charge is 2.09. The summed E-state index contributed by atoms with van der Waals surface area (Å²) in [5.41, 5.74) is 5.17. The van der Waals surface area contributed by atoms with Crippen LogP contribution in [0.4, 0.5) is 0 Å². The number of aryl methyl sites for hydroxylation is 1. The van der Waals surface area contributed by atoms with Crippen molar-refractivity contribution in [2.45, 2.75) is 20.8 Å². The Hall–Kier alpha value is -1.35. The summed E-state index contributed by atoms with van der Waals surface area (Å²) in [6.45, 7) is 6.43. The number of methoxy groups -OCH3 is 1. The first-order chi connectivity index (χ1) is 7.63. The minimum absolute atomic E-state index is 0.692. The van der Waals surface area contributed by atoms with Gasteiger partial charge >= 0.3 is 0 Å². The van der Waals surface area contributed by atoms with Crippen LogP contribution in [-0.4, -0.2) is 12.1 Å². The van der Waals surface area contributed by atoms with E-state index in [1.807, 2.05) is 5.38 Å². The molecule has 0 fully saturated rings. The number of nitrogens with zero attached hydrogens (tertiary/aromatic N) is 1. The number of rotatable bonds is 2. The Morgan fingerprint density at radius 2 is 1.88 bits per heavy atom. The molecule has 16 heavy (non-hydrogen) atoms. The zero-order valence-corrected chi connectivity index (χ0v) is 10.8. The molecular formula is C13H15NOS. The van der Waals surface area contributed by atoms with Crippen molar-refractivity contribution in [2.75, 3.05) is 7.11 Å². The summed E-state index contributed by atoms with van der Waals surface area (Å²) in [5, 5.41) is 2.96. The van der Waals surface area contributed by atoms with Crippen LogP contribution in [0.15, 0.2) is 17.5 Å². The third-order valence-corrected chi connectivity index (χ3v) is 3.83. The van der Waals surface area contributed by atoms with Gasteiger partial charge in [0.05, 0.1) is 12.5 Å². The SMILES string of the molecule is COc1csc(-c2ccc(C)c(C)c2C)n1. The van der Waals surface area contributed by atoms with Crippen molar-refractivity contribution in [3.8, 4) is 16.5 Å². The van der Waals surface area contributed by atoms with Crippen LogP contribution < -0.4 is 4.74 Å². The van der Waals surface area contributed by atoms with Gasteiger partial charge in [0.15, 0.2) is 0 Å². The largest absolute Gasteiger partial charge is 0.480 e. The van der Waals surface area contributed by atoms with Crippen molar-refractivity contribution >= 4 is 11.3 Å². The lowest BCUT2D eigenvalue weighted by atomic mass is 9.99. The van der Waals surface area contributed by atoms with Crippen LogP contribution in [0.25, 0.3) is 10.6 Å². The lowest BCUT2D eigenvalue weighted by molar-refractivity contribution is 0.401. The van der Waals surface area contributed by atoms with Gasteiger partial charge in [-0.2, -0.15) is 0 Å². The van der Waals surface area contributed by atoms with Crippen molar-refractivity contribution in [3.63, 3.8) is 0 Å². The van der Waals surface area contributed by atoms with Crippen molar-refractivity contribution in [3.05, 3.63) is 34.2 Å². The fourth-order valence-electron chi connectivity index (χ4n) is 1.66. The molecule has 1 aromatic carbocycles. The first-order valence-electron chi connectivity index (χ1n) is 5.20. The molecule has 0 spiro atoms. The molecule has 0 aliphatic heterocycles. The zero-order valence-electron chi connectivity index (χ0n) is 10.00. The summed E-state index contributed by atoms with van der Waals surface area (Å²) >= 11 is 1.62. The van der Waals surface area contributed by atoms with E-state index < -0.39 is 0 Å². The summed E-state index contributed by atoms with van der Waals surface area (Å²) in [6.07, 6.45) is 0. The summed E-state index contributed by atoms with van der Waals surface area (Å²) in [7, 11) is 1.64. The van der Waals surface area contributed by atoms with Gasteiger partial charge < -0.3 is 4.74 Å². The third kappa shape index (κ3) is 1.83. The molecule has 3 heteroatoms. The highest BCUT2D eigenvalue weighted by Crippen LogP contribution is 2.31. The molecule has 0 amide bonds. The third-order valence-electron chi connectivity index (χ3n) is 2.98. The Bertz CT molecular complexity index is 517. The number of hydrogen-bond acceptors (Lipinski definition) is 3. The van der Waals surface area contributed by atoms with E-state index in [1.165, 1.54) is 22.3 Å². The number of benzene rings is 1. The van der Waals surface area contributed by atoms with Gasteiger partial charge in [0.2, 0.25) is 5.88 Å². The Morgan fingerprint density at radius 1 is 1.12 bits per heavy atom. The molecule has 2 nitrogen and oxygen atoms in total. The Balaban J connectivity index is 2.52. The maximum atomic E-state index is 5.11. The van der Waals surface area contributed by atoms with Gasteiger partial charge in [-0.15, -0.1) is 11.3 Å². The maximum absolute atomic E-state index is 5.11. The fourth-order valence-corrected chi connectivity index (χ4v) is 2.52. The zero-order chi connectivity index (χ0) is 11.7. The molecule has 1 heterocycles. The van der Waals surface area contributed by atoms with E-state index in [2.05, 4.69) is 37.9 Å². The van der Waals surface area contributed by atoms with Crippen LogP contribution in [-0.2, 0) is 0 Å². The van der Waals surface area contributed by atoms with E-state index in [0.29, 0.717) is 5.88 Å². The Labute approximate surface area is 99.9 Å². The maximum Gasteiger partial charge on any atom is 0.224 e. The molecule has 0 atom stereocenters. The van der Waals surface area contributed by atoms with E-state index in [9.17, 15) is 0 Å². The van der Waals surface area contributed by atoms with Crippen molar-refractivity contribution in [1.29, 1.82) is 0 Å². The predicted molar refractivity (Wildman–Crippen MR) is 68.3 cm³/mol. The summed E-state index contributed by atoms with van der Waals surface area (Å²) < 4.78 is 5.11. The Morgan fingerprint density at radius 3 is 2.50 bits per heavy atom. The molecule has 84 valence electrons. The average molecular weight is 233 g/mol. The topological polar surface area (TPSA) is 22.1 Å². The quantitative estimate of drug-likeness (QED) is 0.788.